The highest BCUT2D eigenvalue weighted by Gasteiger charge is 2.25. The van der Waals surface area contributed by atoms with Gasteiger partial charge in [0.25, 0.3) is 5.22 Å². The molecule has 2 heterocycles. The van der Waals surface area contributed by atoms with Crippen LogP contribution in [-0.2, 0) is 10.1 Å². The van der Waals surface area contributed by atoms with E-state index in [1.54, 1.807) is 24.3 Å². The second-order valence-corrected chi connectivity index (χ2v) is 12.5. The number of methoxy groups -OCH3 is 5. The Bertz CT molecular complexity index is 2090. The molecule has 2 aromatic heterocycles. The van der Waals surface area contributed by atoms with Crippen molar-refractivity contribution in [2.24, 2.45) is 0 Å². The number of benzene rings is 3. The topological polar surface area (TPSA) is 168 Å². The summed E-state index contributed by atoms with van der Waals surface area (Å²) in [7, 11) is 2.97. The van der Waals surface area contributed by atoms with Crippen molar-refractivity contribution in [3.63, 3.8) is 0 Å². The van der Waals surface area contributed by atoms with Crippen molar-refractivity contribution in [2.45, 2.75) is 23.0 Å². The number of hydrogen-bond acceptors (Lipinski definition) is 15. The standard InChI is InChI=1S/C32H31FN2O12S2/c1-39-20-16-22(40-2)26-23(17-20)45-28(18-13-24(41-3)29(43-5)25(14-18)42-4)30(27(26)36)44-11-6-7-12-48-32-35-34-31(46-32)47-49(37,38)21-10-8-9-19(33)15-21/h8-10,13-17H,6-7,11-12H2,1-5H3. The maximum atomic E-state index is 13.9. The van der Waals surface area contributed by atoms with Crippen LogP contribution in [0.5, 0.6) is 40.6 Å². The second-order valence-electron chi connectivity index (χ2n) is 9.94. The van der Waals surface area contributed by atoms with Gasteiger partial charge in [-0.1, -0.05) is 28.0 Å². The van der Waals surface area contributed by atoms with E-state index in [4.69, 9.17) is 41.4 Å². The molecule has 0 aliphatic heterocycles. The van der Waals surface area contributed by atoms with Crippen LogP contribution in [0.25, 0.3) is 22.3 Å². The zero-order valence-corrected chi connectivity index (χ0v) is 28.6. The average molecular weight is 719 g/mol. The van der Waals surface area contributed by atoms with Crippen molar-refractivity contribution in [3.8, 4) is 51.9 Å². The van der Waals surface area contributed by atoms with Crippen LogP contribution < -0.4 is 38.0 Å². The highest BCUT2D eigenvalue weighted by Crippen LogP contribution is 2.44. The molecule has 0 spiro atoms. The number of rotatable bonds is 16. The molecule has 5 rings (SSSR count). The maximum absolute atomic E-state index is 13.9. The Labute approximate surface area is 284 Å². The van der Waals surface area contributed by atoms with Crippen LogP contribution in [0.2, 0.25) is 0 Å². The van der Waals surface area contributed by atoms with Gasteiger partial charge >= 0.3 is 16.2 Å². The number of hydrogen-bond donors (Lipinski definition) is 0. The fourth-order valence-corrected chi connectivity index (χ4v) is 6.25. The fraction of sp³-hybridized carbons (Fsp3) is 0.281. The largest absolute Gasteiger partial charge is 0.496 e. The van der Waals surface area contributed by atoms with E-state index in [2.05, 4.69) is 10.2 Å². The van der Waals surface area contributed by atoms with E-state index in [1.165, 1.54) is 47.7 Å². The van der Waals surface area contributed by atoms with Gasteiger partial charge in [-0.05, 0) is 43.2 Å². The second kappa shape index (κ2) is 15.4. The van der Waals surface area contributed by atoms with E-state index in [0.29, 0.717) is 47.2 Å². The molecular formula is C32H31FN2O12S2. The van der Waals surface area contributed by atoms with Crippen LogP contribution in [0.4, 0.5) is 4.39 Å². The Kier molecular flexibility index (Phi) is 11.0. The first-order valence-corrected chi connectivity index (χ1v) is 16.8. The number of aromatic nitrogens is 2. The van der Waals surface area contributed by atoms with Crippen LogP contribution in [0.15, 0.2) is 72.3 Å². The molecular weight excluding hydrogens is 687 g/mol. The SMILES string of the molecule is COc1cc(OC)c2c(=O)c(OCCCCSc3nnc(OS(=O)(=O)c4cccc(F)c4)o3)c(-c3cc(OC)c(OC)c(OC)c3)oc2c1. The summed E-state index contributed by atoms with van der Waals surface area (Å²) in [4.78, 5) is 13.6. The molecule has 0 N–H and O–H groups in total. The molecule has 0 saturated heterocycles. The molecule has 0 unspecified atom stereocenters. The third kappa shape index (κ3) is 7.78. The van der Waals surface area contributed by atoms with Gasteiger partial charge < -0.3 is 41.4 Å². The predicted molar refractivity (Wildman–Crippen MR) is 175 cm³/mol. The minimum absolute atomic E-state index is 0.0592. The third-order valence-corrected chi connectivity index (χ3v) is 9.04. The van der Waals surface area contributed by atoms with E-state index < -0.39 is 32.3 Å². The highest BCUT2D eigenvalue weighted by molar-refractivity contribution is 7.99. The molecule has 0 aliphatic rings. The monoisotopic (exact) mass is 718 g/mol. The van der Waals surface area contributed by atoms with Gasteiger partial charge in [0.15, 0.2) is 17.3 Å². The highest BCUT2D eigenvalue weighted by atomic mass is 32.2. The Balaban J connectivity index is 1.32. The lowest BCUT2D eigenvalue weighted by Crippen LogP contribution is -2.12. The summed E-state index contributed by atoms with van der Waals surface area (Å²) >= 11 is 1.16. The molecule has 5 aromatic rings. The number of ether oxygens (including phenoxy) is 6. The van der Waals surface area contributed by atoms with Crippen molar-refractivity contribution in [1.29, 1.82) is 0 Å². The van der Waals surface area contributed by atoms with E-state index >= 15 is 0 Å². The molecule has 0 radical (unpaired) electrons. The predicted octanol–water partition coefficient (Wildman–Crippen LogP) is 5.74. The lowest BCUT2D eigenvalue weighted by molar-refractivity contribution is 0.301. The third-order valence-electron chi connectivity index (χ3n) is 6.94. The zero-order valence-electron chi connectivity index (χ0n) is 26.9. The minimum atomic E-state index is -4.37. The lowest BCUT2D eigenvalue weighted by Gasteiger charge is -2.17. The van der Waals surface area contributed by atoms with Crippen molar-refractivity contribution in [2.75, 3.05) is 47.9 Å². The Hall–Kier alpha value is -5.16. The van der Waals surface area contributed by atoms with Crippen LogP contribution in [0, 0.1) is 5.82 Å². The molecule has 0 saturated carbocycles. The van der Waals surface area contributed by atoms with Crippen molar-refractivity contribution >= 4 is 32.8 Å². The normalized spacial score (nSPS) is 11.3. The molecule has 14 nitrogen and oxygen atoms in total. The lowest BCUT2D eigenvalue weighted by atomic mass is 10.1. The summed E-state index contributed by atoms with van der Waals surface area (Å²) < 4.78 is 88.0. The Morgan fingerprint density at radius 1 is 0.816 bits per heavy atom. The molecule has 49 heavy (non-hydrogen) atoms. The van der Waals surface area contributed by atoms with Gasteiger partial charge in [-0.2, -0.15) is 8.42 Å². The van der Waals surface area contributed by atoms with Crippen LogP contribution in [0.1, 0.15) is 12.8 Å². The molecule has 260 valence electrons. The number of fused-ring (bicyclic) bond motifs is 1. The summed E-state index contributed by atoms with van der Waals surface area (Å²) in [5.41, 5.74) is 0.167. The number of unbranched alkanes of at least 4 members (excludes halogenated alkanes) is 1. The van der Waals surface area contributed by atoms with Gasteiger partial charge in [-0.15, -0.1) is 0 Å². The summed E-state index contributed by atoms with van der Waals surface area (Å²) in [6.45, 7) is 0.122. The number of thioether (sulfide) groups is 1. The van der Waals surface area contributed by atoms with E-state index in [0.717, 1.165) is 23.9 Å². The fourth-order valence-electron chi connectivity index (χ4n) is 4.65. The summed E-state index contributed by atoms with van der Waals surface area (Å²) in [6, 6.07) is 10.8. The van der Waals surface area contributed by atoms with Crippen molar-refractivity contribution in [1.82, 2.24) is 10.2 Å². The first-order valence-electron chi connectivity index (χ1n) is 14.4. The summed E-state index contributed by atoms with van der Waals surface area (Å²) in [5, 5.41) is 7.60. The summed E-state index contributed by atoms with van der Waals surface area (Å²) in [5.74, 6) is 1.49. The molecule has 3 aromatic carbocycles. The molecule has 0 amide bonds. The van der Waals surface area contributed by atoms with Gasteiger partial charge in [-0.3, -0.25) is 4.79 Å². The van der Waals surface area contributed by atoms with Crippen LogP contribution in [-0.4, -0.2) is 66.5 Å². The van der Waals surface area contributed by atoms with E-state index in [-0.39, 0.29) is 40.1 Å². The molecule has 0 atom stereocenters. The van der Waals surface area contributed by atoms with E-state index in [1.807, 2.05) is 0 Å². The van der Waals surface area contributed by atoms with Gasteiger partial charge in [-0.25, -0.2) is 4.39 Å². The molecule has 17 heteroatoms. The van der Waals surface area contributed by atoms with E-state index in [9.17, 15) is 17.6 Å². The van der Waals surface area contributed by atoms with Crippen LogP contribution in [0.3, 0.4) is 0 Å². The molecule has 0 aliphatic carbocycles. The first kappa shape index (κ1) is 35.2. The summed E-state index contributed by atoms with van der Waals surface area (Å²) in [6.07, 6.45) is 0.458. The average Bonchev–Trinajstić information content (AvgIpc) is 3.55. The van der Waals surface area contributed by atoms with Crippen molar-refractivity contribution in [3.05, 3.63) is 64.6 Å². The Morgan fingerprint density at radius 3 is 2.20 bits per heavy atom. The molecule has 0 bridgehead atoms. The smallest absolute Gasteiger partial charge is 0.431 e. The quantitative estimate of drug-likeness (QED) is 0.0687. The van der Waals surface area contributed by atoms with Gasteiger partial charge in [0.2, 0.25) is 16.9 Å². The van der Waals surface area contributed by atoms with Gasteiger partial charge in [0, 0.05) is 23.4 Å². The molecule has 0 fully saturated rings. The minimum Gasteiger partial charge on any atom is -0.496 e. The Morgan fingerprint density at radius 2 is 1.55 bits per heavy atom. The first-order chi connectivity index (χ1) is 23.6. The van der Waals surface area contributed by atoms with Gasteiger partial charge in [0.1, 0.15) is 33.2 Å². The maximum Gasteiger partial charge on any atom is 0.431 e. The number of nitrogens with zero attached hydrogens (tertiary/aromatic N) is 2. The van der Waals surface area contributed by atoms with Crippen LogP contribution >= 0.6 is 11.8 Å². The van der Waals surface area contributed by atoms with Crippen molar-refractivity contribution < 1.29 is 54.2 Å². The zero-order chi connectivity index (χ0) is 35.1. The van der Waals surface area contributed by atoms with Gasteiger partial charge in [0.05, 0.1) is 42.2 Å². The number of halogens is 1.